The Kier molecular flexibility index (Phi) is 56.6. The van der Waals surface area contributed by atoms with Gasteiger partial charge in [0.1, 0.15) is 12.7 Å². The van der Waals surface area contributed by atoms with Crippen molar-refractivity contribution in [3.63, 3.8) is 0 Å². The monoisotopic (exact) mass is 1090 g/mol. The maximum Gasteiger partial charge on any atom is 0.472 e. The van der Waals surface area contributed by atoms with Crippen molar-refractivity contribution >= 4 is 25.7 Å². The number of rotatable bonds is 59. The number of carbonyl (C=O) groups is 3. The van der Waals surface area contributed by atoms with E-state index in [1.165, 1.54) is 154 Å². The Morgan fingerprint density at radius 2 is 0.645 bits per heavy atom. The zero-order valence-electron chi connectivity index (χ0n) is 49.2. The van der Waals surface area contributed by atoms with Gasteiger partial charge in [-0.05, 0) is 83.5 Å². The second-order valence-corrected chi connectivity index (χ2v) is 22.7. The molecule has 0 spiro atoms. The molecule has 0 aliphatic carbocycles. The molecule has 0 heterocycles. The van der Waals surface area contributed by atoms with Crippen molar-refractivity contribution in [1.29, 1.82) is 0 Å². The molecule has 12 heteroatoms. The summed E-state index contributed by atoms with van der Waals surface area (Å²) in [6.07, 6.45) is 63.5. The van der Waals surface area contributed by atoms with Crippen molar-refractivity contribution in [2.24, 2.45) is 0 Å². The molecule has 0 fully saturated rings. The number of phosphoric acid groups is 1. The molecule has 0 aromatic heterocycles. The molecule has 0 aliphatic heterocycles. The maximum atomic E-state index is 12.9. The van der Waals surface area contributed by atoms with Crippen molar-refractivity contribution < 1.29 is 52.2 Å². The highest BCUT2D eigenvalue weighted by molar-refractivity contribution is 7.47. The van der Waals surface area contributed by atoms with Crippen LogP contribution in [-0.4, -0.2) is 66.5 Å². The number of allylic oxidation sites excluding steroid dienone is 8. The lowest BCUT2D eigenvalue weighted by Gasteiger charge is -2.21. The number of unbranched alkanes of at least 4 members (excludes halogenated alkanes) is 34. The van der Waals surface area contributed by atoms with E-state index in [-0.39, 0.29) is 25.9 Å². The van der Waals surface area contributed by atoms with E-state index in [0.717, 1.165) is 89.9 Å². The number of hydrogen-bond acceptors (Lipinski definition) is 10. The van der Waals surface area contributed by atoms with Crippen LogP contribution in [0.2, 0.25) is 0 Å². The second kappa shape index (κ2) is 58.6. The number of aliphatic hydroxyl groups excluding tert-OH is 1. The van der Waals surface area contributed by atoms with Crippen LogP contribution in [0.25, 0.3) is 0 Å². The lowest BCUT2D eigenvalue weighted by molar-refractivity contribution is -0.161. The molecule has 444 valence electrons. The van der Waals surface area contributed by atoms with Crippen molar-refractivity contribution in [2.45, 2.75) is 315 Å². The van der Waals surface area contributed by atoms with Gasteiger partial charge in [0.2, 0.25) is 0 Å². The summed E-state index contributed by atoms with van der Waals surface area (Å²) in [5.41, 5.74) is 0. The molecule has 0 amide bonds. The molecule has 0 rings (SSSR count). The van der Waals surface area contributed by atoms with Gasteiger partial charge in [-0.3, -0.25) is 23.4 Å². The van der Waals surface area contributed by atoms with Crippen molar-refractivity contribution in [3.05, 3.63) is 48.6 Å². The van der Waals surface area contributed by atoms with Gasteiger partial charge in [0.05, 0.1) is 19.8 Å². The maximum absolute atomic E-state index is 12.9. The lowest BCUT2D eigenvalue weighted by Crippen LogP contribution is -2.30. The number of carbonyl (C=O) groups excluding carboxylic acids is 3. The normalized spacial score (nSPS) is 13.6. The molecule has 0 saturated carbocycles. The van der Waals surface area contributed by atoms with Gasteiger partial charge in [-0.15, -0.1) is 0 Å². The summed E-state index contributed by atoms with van der Waals surface area (Å²) in [7, 11) is -4.75. The van der Waals surface area contributed by atoms with E-state index in [1.54, 1.807) is 0 Å². The smallest absolute Gasteiger partial charge is 0.462 e. The first-order valence-electron chi connectivity index (χ1n) is 31.5. The van der Waals surface area contributed by atoms with Gasteiger partial charge in [-0.1, -0.05) is 249 Å². The number of esters is 3. The van der Waals surface area contributed by atoms with Crippen LogP contribution in [0.5, 0.6) is 0 Å². The first-order valence-corrected chi connectivity index (χ1v) is 33.0. The number of hydrogen-bond donors (Lipinski definition) is 2. The molecule has 0 aliphatic rings. The molecule has 0 saturated heterocycles. The third-order valence-electron chi connectivity index (χ3n) is 13.7. The molecule has 0 bridgehead atoms. The summed E-state index contributed by atoms with van der Waals surface area (Å²) >= 11 is 0. The molecule has 11 nitrogen and oxygen atoms in total. The molecule has 0 aromatic rings. The Hall–Kier alpha value is -2.56. The van der Waals surface area contributed by atoms with Gasteiger partial charge in [0.25, 0.3) is 0 Å². The third kappa shape index (κ3) is 56.2. The fraction of sp³-hybridized carbons (Fsp3) is 0.828. The standard InChI is InChI=1S/C64H117O11P/c1-4-7-10-13-16-19-22-24-26-28-30-32-34-36-39-41-44-47-50-53-62(66)71-57-61(75-64(68)55-52-49-46-43-40-37-35-33-31-29-27-25-23-20-17-14-11-8-5-2)59-73-76(69,70)72-58-60(56-65)74-63(67)54-51-48-45-42-38-21-18-15-12-9-6-3/h17,20,24-27,31,33,60-61,65H,4-16,18-19,21-23,28-30,32,34-59H2,1-3H3,(H,69,70)/b20-17-,26-24-,27-25-,33-31-. The van der Waals surface area contributed by atoms with Crippen molar-refractivity contribution in [3.8, 4) is 0 Å². The molecule has 76 heavy (non-hydrogen) atoms. The molecular weight excluding hydrogens is 976 g/mol. The summed E-state index contributed by atoms with van der Waals surface area (Å²) in [6.45, 7) is 4.63. The van der Waals surface area contributed by atoms with Gasteiger partial charge in [-0.2, -0.15) is 0 Å². The van der Waals surface area contributed by atoms with E-state index in [0.29, 0.717) is 19.3 Å². The number of phosphoric ester groups is 1. The zero-order valence-corrected chi connectivity index (χ0v) is 50.1. The summed E-state index contributed by atoms with van der Waals surface area (Å²) in [5, 5.41) is 9.81. The van der Waals surface area contributed by atoms with Crippen LogP contribution in [-0.2, 0) is 42.2 Å². The van der Waals surface area contributed by atoms with Gasteiger partial charge in [0.15, 0.2) is 6.10 Å². The van der Waals surface area contributed by atoms with Crippen LogP contribution in [0.3, 0.4) is 0 Å². The minimum absolute atomic E-state index is 0.155. The molecule has 0 radical (unpaired) electrons. The van der Waals surface area contributed by atoms with E-state index in [4.69, 9.17) is 23.3 Å². The summed E-state index contributed by atoms with van der Waals surface area (Å²) in [5.74, 6) is -1.46. The quantitative estimate of drug-likeness (QED) is 0.0197. The van der Waals surface area contributed by atoms with Crippen LogP contribution in [0, 0.1) is 0 Å². The summed E-state index contributed by atoms with van der Waals surface area (Å²) in [6, 6.07) is 0. The predicted octanol–water partition coefficient (Wildman–Crippen LogP) is 18.9. The molecule has 3 unspecified atom stereocenters. The largest absolute Gasteiger partial charge is 0.472 e. The summed E-state index contributed by atoms with van der Waals surface area (Å²) < 4.78 is 39.6. The van der Waals surface area contributed by atoms with Crippen molar-refractivity contribution in [2.75, 3.05) is 26.4 Å². The van der Waals surface area contributed by atoms with Crippen LogP contribution >= 0.6 is 7.82 Å². The zero-order chi connectivity index (χ0) is 55.5. The molecule has 3 atom stereocenters. The Labute approximate surface area is 466 Å². The first-order chi connectivity index (χ1) is 37.2. The average molecular weight is 1090 g/mol. The fourth-order valence-corrected chi connectivity index (χ4v) is 9.67. The highest BCUT2D eigenvalue weighted by Crippen LogP contribution is 2.43. The third-order valence-corrected chi connectivity index (χ3v) is 14.7. The first kappa shape index (κ1) is 73.4. The molecular formula is C64H117O11P. The predicted molar refractivity (Wildman–Crippen MR) is 316 cm³/mol. The molecule has 0 aromatic carbocycles. The minimum atomic E-state index is -4.75. The van der Waals surface area contributed by atoms with Crippen LogP contribution in [0.1, 0.15) is 303 Å². The number of aliphatic hydroxyl groups is 1. The fourth-order valence-electron chi connectivity index (χ4n) is 8.89. The number of ether oxygens (including phenoxy) is 3. The van der Waals surface area contributed by atoms with Crippen LogP contribution in [0.15, 0.2) is 48.6 Å². The highest BCUT2D eigenvalue weighted by atomic mass is 31.2. The average Bonchev–Trinajstić information content (AvgIpc) is 3.41. The Bertz CT molecular complexity index is 1460. The van der Waals surface area contributed by atoms with E-state index >= 15 is 0 Å². The SMILES string of the molecule is CCCCC/C=C\C/C=C\C/C=C\CCCCCCCCC(=O)OC(COC(=O)CCCCCCCCCCC/C=C\CCCCCCCC)COP(=O)(O)OCC(CO)OC(=O)CCCCCCCCCCCCC. The summed E-state index contributed by atoms with van der Waals surface area (Å²) in [4.78, 5) is 48.6. The van der Waals surface area contributed by atoms with E-state index in [2.05, 4.69) is 69.4 Å². The van der Waals surface area contributed by atoms with Gasteiger partial charge in [-0.25, -0.2) is 4.57 Å². The van der Waals surface area contributed by atoms with Crippen molar-refractivity contribution in [1.82, 2.24) is 0 Å². The van der Waals surface area contributed by atoms with Gasteiger partial charge >= 0.3 is 25.7 Å². The second-order valence-electron chi connectivity index (χ2n) is 21.2. The van der Waals surface area contributed by atoms with Crippen LogP contribution in [0.4, 0.5) is 0 Å². The van der Waals surface area contributed by atoms with E-state index in [1.807, 2.05) is 0 Å². The van der Waals surface area contributed by atoms with Gasteiger partial charge in [0, 0.05) is 19.3 Å². The topological polar surface area (TPSA) is 155 Å². The van der Waals surface area contributed by atoms with E-state index < -0.39 is 57.8 Å². The van der Waals surface area contributed by atoms with Gasteiger partial charge < -0.3 is 24.2 Å². The Balaban J connectivity index is 4.70. The highest BCUT2D eigenvalue weighted by Gasteiger charge is 2.28. The lowest BCUT2D eigenvalue weighted by atomic mass is 10.1. The Morgan fingerprint density at radius 3 is 1.03 bits per heavy atom. The van der Waals surface area contributed by atoms with E-state index in [9.17, 15) is 28.9 Å². The Morgan fingerprint density at radius 1 is 0.368 bits per heavy atom. The minimum Gasteiger partial charge on any atom is -0.462 e. The molecule has 2 N–H and O–H groups in total. The van der Waals surface area contributed by atoms with Crippen LogP contribution < -0.4 is 0 Å².